The second-order valence-electron chi connectivity index (χ2n) is 5.12. The summed E-state index contributed by atoms with van der Waals surface area (Å²) in [7, 11) is 0. The normalized spacial score (nSPS) is 19.3. The van der Waals surface area contributed by atoms with E-state index in [2.05, 4.69) is 24.0 Å². The maximum atomic E-state index is 10.7. The average Bonchev–Trinajstić information content (AvgIpc) is 2.49. The van der Waals surface area contributed by atoms with Crippen molar-refractivity contribution in [2.75, 3.05) is 13.2 Å². The summed E-state index contributed by atoms with van der Waals surface area (Å²) in [6.45, 7) is 3.30. The lowest BCUT2D eigenvalue weighted by Crippen LogP contribution is -2.44. The topological polar surface area (TPSA) is 29.5 Å². The molecule has 2 rings (SSSR count). The Morgan fingerprint density at radius 2 is 1.95 bits per heavy atom. The maximum absolute atomic E-state index is 10.7. The van der Waals surface area contributed by atoms with Crippen LogP contribution >= 0.6 is 0 Å². The molecule has 0 aliphatic carbocycles. The first-order valence-electron chi connectivity index (χ1n) is 7.00. The highest BCUT2D eigenvalue weighted by Crippen LogP contribution is 2.39. The molecule has 1 fully saturated rings. The number of aliphatic hydroxyl groups excluding tert-OH is 1. The van der Waals surface area contributed by atoms with Gasteiger partial charge in [-0.25, -0.2) is 0 Å². The second kappa shape index (κ2) is 6.75. The molecule has 2 nitrogen and oxygen atoms in total. The number of aliphatic hydroxyl groups is 1. The molecule has 0 spiro atoms. The van der Waals surface area contributed by atoms with Crippen LogP contribution in [0, 0.1) is 11.8 Å². The minimum Gasteiger partial charge on any atom is -0.392 e. The molecular formula is C17H22O2. The lowest BCUT2D eigenvalue weighted by Gasteiger charge is -2.41. The van der Waals surface area contributed by atoms with Crippen LogP contribution < -0.4 is 0 Å². The van der Waals surface area contributed by atoms with Crippen molar-refractivity contribution in [3.05, 3.63) is 35.9 Å². The van der Waals surface area contributed by atoms with E-state index >= 15 is 0 Å². The largest absolute Gasteiger partial charge is 0.392 e. The molecule has 1 heterocycles. The first-order valence-corrected chi connectivity index (χ1v) is 7.00. The molecule has 0 aromatic heterocycles. The van der Waals surface area contributed by atoms with Crippen molar-refractivity contribution in [1.29, 1.82) is 0 Å². The third kappa shape index (κ3) is 3.18. The van der Waals surface area contributed by atoms with Crippen molar-refractivity contribution < 1.29 is 9.84 Å². The van der Waals surface area contributed by atoms with E-state index < -0.39 is 0 Å². The van der Waals surface area contributed by atoms with Crippen molar-refractivity contribution in [2.24, 2.45) is 0 Å². The number of benzene rings is 1. The Balaban J connectivity index is 2.21. The van der Waals surface area contributed by atoms with Crippen LogP contribution in [0.2, 0.25) is 0 Å². The monoisotopic (exact) mass is 258 g/mol. The summed E-state index contributed by atoms with van der Waals surface area (Å²) in [6, 6.07) is 10.4. The summed E-state index contributed by atoms with van der Waals surface area (Å²) in [5.41, 5.74) is 1.07. The van der Waals surface area contributed by atoms with Crippen LogP contribution in [0.1, 0.15) is 38.2 Å². The molecule has 1 aliphatic heterocycles. The molecule has 1 unspecified atom stereocenters. The number of rotatable bonds is 4. The Labute approximate surface area is 115 Å². The van der Waals surface area contributed by atoms with Crippen LogP contribution in [-0.2, 0) is 10.2 Å². The molecule has 1 atom stereocenters. The molecule has 0 radical (unpaired) electrons. The van der Waals surface area contributed by atoms with E-state index in [0.29, 0.717) is 0 Å². The molecule has 1 aliphatic rings. The molecular weight excluding hydrogens is 236 g/mol. The molecule has 0 amide bonds. The Kier molecular flexibility index (Phi) is 5.01. The second-order valence-corrected chi connectivity index (χ2v) is 5.12. The Morgan fingerprint density at radius 3 is 2.58 bits per heavy atom. The van der Waals surface area contributed by atoms with Crippen LogP contribution in [0.5, 0.6) is 0 Å². The zero-order valence-electron chi connectivity index (χ0n) is 11.6. The van der Waals surface area contributed by atoms with Crippen molar-refractivity contribution in [2.45, 2.75) is 44.1 Å². The van der Waals surface area contributed by atoms with Crippen LogP contribution in [0.4, 0.5) is 0 Å². The zero-order chi connectivity index (χ0) is 13.6. The predicted octanol–water partition coefficient (Wildman–Crippen LogP) is 2.90. The number of hydrogen-bond acceptors (Lipinski definition) is 2. The molecule has 1 aromatic carbocycles. The first-order chi connectivity index (χ1) is 9.29. The van der Waals surface area contributed by atoms with E-state index in [-0.39, 0.29) is 11.5 Å². The quantitative estimate of drug-likeness (QED) is 0.841. The third-order valence-electron chi connectivity index (χ3n) is 4.09. The van der Waals surface area contributed by atoms with Crippen molar-refractivity contribution >= 4 is 0 Å². The highest BCUT2D eigenvalue weighted by molar-refractivity contribution is 5.28. The minimum absolute atomic E-state index is 0.158. The Hall–Kier alpha value is -1.30. The van der Waals surface area contributed by atoms with Gasteiger partial charge in [0.05, 0.1) is 6.10 Å². The van der Waals surface area contributed by atoms with Crippen LogP contribution in [0.15, 0.2) is 30.3 Å². The van der Waals surface area contributed by atoms with Gasteiger partial charge in [-0.05, 0) is 31.7 Å². The third-order valence-corrected chi connectivity index (χ3v) is 4.09. The fourth-order valence-electron chi connectivity index (χ4n) is 2.93. The average molecular weight is 258 g/mol. The highest BCUT2D eigenvalue weighted by atomic mass is 16.5. The maximum Gasteiger partial charge on any atom is 0.0647 e. The van der Waals surface area contributed by atoms with Gasteiger partial charge in [-0.1, -0.05) is 30.3 Å². The van der Waals surface area contributed by atoms with Gasteiger partial charge < -0.3 is 9.84 Å². The SMILES string of the molecule is CC#CCCC(O)C1(c2ccccc2)CCOCC1. The van der Waals surface area contributed by atoms with Gasteiger partial charge in [-0.2, -0.15) is 0 Å². The molecule has 1 N–H and O–H groups in total. The van der Waals surface area contributed by atoms with Gasteiger partial charge in [-0.3, -0.25) is 0 Å². The van der Waals surface area contributed by atoms with E-state index in [4.69, 9.17) is 4.74 Å². The van der Waals surface area contributed by atoms with E-state index in [1.165, 1.54) is 5.56 Å². The smallest absolute Gasteiger partial charge is 0.0647 e. The molecule has 102 valence electrons. The lowest BCUT2D eigenvalue weighted by atomic mass is 9.69. The summed E-state index contributed by atoms with van der Waals surface area (Å²) in [5, 5.41) is 10.7. The highest BCUT2D eigenvalue weighted by Gasteiger charge is 2.40. The molecule has 2 heteroatoms. The molecule has 1 saturated heterocycles. The summed E-state index contributed by atoms with van der Waals surface area (Å²) in [6.07, 6.45) is 2.91. The predicted molar refractivity (Wildman–Crippen MR) is 76.9 cm³/mol. The van der Waals surface area contributed by atoms with Gasteiger partial charge >= 0.3 is 0 Å². The summed E-state index contributed by atoms with van der Waals surface area (Å²) < 4.78 is 5.48. The van der Waals surface area contributed by atoms with E-state index in [1.807, 2.05) is 25.1 Å². The zero-order valence-corrected chi connectivity index (χ0v) is 11.6. The number of hydrogen-bond donors (Lipinski definition) is 1. The minimum atomic E-state index is -0.348. The van der Waals surface area contributed by atoms with Gasteiger partial charge in [0.1, 0.15) is 0 Å². The molecule has 1 aromatic rings. The van der Waals surface area contributed by atoms with Crippen molar-refractivity contribution in [3.63, 3.8) is 0 Å². The first kappa shape index (κ1) is 14.1. The Morgan fingerprint density at radius 1 is 1.26 bits per heavy atom. The summed E-state index contributed by atoms with van der Waals surface area (Å²) in [4.78, 5) is 0. The Bertz CT molecular complexity index is 435. The standard InChI is InChI=1S/C17H22O2/c1-2-3-5-10-16(18)17(11-13-19-14-12-17)15-8-6-4-7-9-15/h4,6-9,16,18H,5,10-14H2,1H3. The van der Waals surface area contributed by atoms with E-state index in [0.717, 1.165) is 38.9 Å². The fourth-order valence-corrected chi connectivity index (χ4v) is 2.93. The molecule has 0 bridgehead atoms. The number of ether oxygens (including phenoxy) is 1. The van der Waals surface area contributed by atoms with Gasteiger partial charge in [0.15, 0.2) is 0 Å². The van der Waals surface area contributed by atoms with Gasteiger partial charge in [-0.15, -0.1) is 11.8 Å². The van der Waals surface area contributed by atoms with Gasteiger partial charge in [0.2, 0.25) is 0 Å². The van der Waals surface area contributed by atoms with Crippen LogP contribution in [-0.4, -0.2) is 24.4 Å². The molecule has 19 heavy (non-hydrogen) atoms. The van der Waals surface area contributed by atoms with Gasteiger partial charge in [0.25, 0.3) is 0 Å². The summed E-state index contributed by atoms with van der Waals surface area (Å²) in [5.74, 6) is 5.94. The van der Waals surface area contributed by atoms with Crippen molar-refractivity contribution in [1.82, 2.24) is 0 Å². The summed E-state index contributed by atoms with van der Waals surface area (Å²) >= 11 is 0. The van der Waals surface area contributed by atoms with Crippen LogP contribution in [0.3, 0.4) is 0 Å². The van der Waals surface area contributed by atoms with Gasteiger partial charge in [0, 0.05) is 25.0 Å². The van der Waals surface area contributed by atoms with Crippen LogP contribution in [0.25, 0.3) is 0 Å². The lowest BCUT2D eigenvalue weighted by molar-refractivity contribution is -0.0182. The van der Waals surface area contributed by atoms with E-state index in [9.17, 15) is 5.11 Å². The molecule has 0 saturated carbocycles. The fraction of sp³-hybridized carbons (Fsp3) is 0.529. The van der Waals surface area contributed by atoms with E-state index in [1.54, 1.807) is 0 Å². The van der Waals surface area contributed by atoms with Crippen molar-refractivity contribution in [3.8, 4) is 11.8 Å².